The van der Waals surface area contributed by atoms with Gasteiger partial charge >= 0.3 is 0 Å². The van der Waals surface area contributed by atoms with E-state index in [1.165, 1.54) is 38.9 Å². The highest BCUT2D eigenvalue weighted by Crippen LogP contribution is 2.16. The maximum Gasteiger partial charge on any atom is 0.0195 e. The number of piperidine rings is 1. The minimum atomic E-state index is 0.723. The van der Waals surface area contributed by atoms with Crippen molar-refractivity contribution in [2.75, 3.05) is 26.7 Å². The van der Waals surface area contributed by atoms with Crippen molar-refractivity contribution < 1.29 is 0 Å². The molecule has 2 nitrogen and oxygen atoms in total. The number of hydrogen-bond donors (Lipinski definition) is 1. The highest BCUT2D eigenvalue weighted by molar-refractivity contribution is 4.80. The zero-order valence-electron chi connectivity index (χ0n) is 9.34. The third-order valence-corrected chi connectivity index (χ3v) is 2.97. The Bertz CT molecular complexity index is 136. The van der Waals surface area contributed by atoms with Gasteiger partial charge in [0.1, 0.15) is 0 Å². The lowest BCUT2D eigenvalue weighted by Gasteiger charge is -2.36. The first-order valence-electron chi connectivity index (χ1n) is 5.65. The summed E-state index contributed by atoms with van der Waals surface area (Å²) in [5, 5.41) is 3.40. The van der Waals surface area contributed by atoms with E-state index < -0.39 is 0 Å². The van der Waals surface area contributed by atoms with Crippen LogP contribution in [0.15, 0.2) is 0 Å². The Hall–Kier alpha value is -0.0800. The number of likely N-dealkylation sites (tertiary alicyclic amines) is 1. The number of likely N-dealkylation sites (N-methyl/N-ethyl adjacent to an activating group) is 1. The minimum Gasteiger partial charge on any atom is -0.316 e. The molecule has 1 aliphatic rings. The van der Waals surface area contributed by atoms with Crippen LogP contribution in [-0.2, 0) is 0 Å². The summed E-state index contributed by atoms with van der Waals surface area (Å²) >= 11 is 0. The van der Waals surface area contributed by atoms with E-state index in [2.05, 4.69) is 31.1 Å². The first kappa shape index (κ1) is 11.0. The molecule has 0 amide bonds. The molecule has 0 bridgehead atoms. The molecule has 2 atom stereocenters. The zero-order valence-corrected chi connectivity index (χ0v) is 9.34. The summed E-state index contributed by atoms with van der Waals surface area (Å²) in [5.74, 6) is 0.864. The van der Waals surface area contributed by atoms with Gasteiger partial charge in [-0.3, -0.25) is 0 Å². The van der Waals surface area contributed by atoms with Crippen molar-refractivity contribution in [1.29, 1.82) is 0 Å². The number of nitrogens with one attached hydrogen (secondary N) is 1. The summed E-state index contributed by atoms with van der Waals surface area (Å²) in [6.45, 7) is 8.48. The molecule has 0 spiro atoms. The van der Waals surface area contributed by atoms with Gasteiger partial charge in [-0.05, 0) is 32.4 Å². The lowest BCUT2D eigenvalue weighted by molar-refractivity contribution is 0.151. The number of nitrogens with zero attached hydrogens (tertiary/aromatic N) is 1. The van der Waals surface area contributed by atoms with Gasteiger partial charge in [0.05, 0.1) is 0 Å². The van der Waals surface area contributed by atoms with E-state index >= 15 is 0 Å². The highest BCUT2D eigenvalue weighted by Gasteiger charge is 2.22. The summed E-state index contributed by atoms with van der Waals surface area (Å²) in [7, 11) is 2.08. The lowest BCUT2D eigenvalue weighted by Crippen LogP contribution is -2.47. The van der Waals surface area contributed by atoms with Gasteiger partial charge in [-0.15, -0.1) is 0 Å². The molecule has 0 aliphatic carbocycles. The highest BCUT2D eigenvalue weighted by atomic mass is 15.2. The predicted molar refractivity (Wildman–Crippen MR) is 58.0 cm³/mol. The van der Waals surface area contributed by atoms with Crippen molar-refractivity contribution in [2.24, 2.45) is 5.92 Å². The fourth-order valence-corrected chi connectivity index (χ4v) is 2.24. The third kappa shape index (κ3) is 3.65. The molecule has 13 heavy (non-hydrogen) atoms. The fourth-order valence-electron chi connectivity index (χ4n) is 2.24. The molecule has 0 radical (unpaired) electrons. The number of hydrogen-bond acceptors (Lipinski definition) is 2. The van der Waals surface area contributed by atoms with E-state index in [9.17, 15) is 0 Å². The van der Waals surface area contributed by atoms with Crippen molar-refractivity contribution in [3.05, 3.63) is 0 Å². The van der Waals surface area contributed by atoms with E-state index in [-0.39, 0.29) is 0 Å². The molecule has 1 aliphatic heterocycles. The van der Waals surface area contributed by atoms with Crippen LogP contribution >= 0.6 is 0 Å². The van der Waals surface area contributed by atoms with Gasteiger partial charge in [-0.2, -0.15) is 0 Å². The Balaban J connectivity index is 2.29. The quantitative estimate of drug-likeness (QED) is 0.715. The van der Waals surface area contributed by atoms with Crippen LogP contribution in [0.4, 0.5) is 0 Å². The molecule has 1 rings (SSSR count). The van der Waals surface area contributed by atoms with E-state index in [0.29, 0.717) is 0 Å². The normalized spacial score (nSPS) is 30.7. The maximum absolute atomic E-state index is 3.40. The zero-order chi connectivity index (χ0) is 9.68. The summed E-state index contributed by atoms with van der Waals surface area (Å²) < 4.78 is 0. The van der Waals surface area contributed by atoms with Gasteiger partial charge in [0.2, 0.25) is 0 Å². The largest absolute Gasteiger partial charge is 0.316 e. The molecule has 1 fully saturated rings. The van der Waals surface area contributed by atoms with Crippen LogP contribution in [0, 0.1) is 5.92 Å². The Morgan fingerprint density at radius 1 is 1.38 bits per heavy atom. The molecule has 2 heteroatoms. The second-order valence-electron chi connectivity index (χ2n) is 4.44. The average molecular weight is 184 g/mol. The summed E-state index contributed by atoms with van der Waals surface area (Å²) in [6.07, 6.45) is 4.01. The Labute approximate surface area is 82.7 Å². The molecule has 0 aromatic rings. The second-order valence-corrected chi connectivity index (χ2v) is 4.44. The molecule has 78 valence electrons. The molecule has 2 unspecified atom stereocenters. The van der Waals surface area contributed by atoms with E-state index in [0.717, 1.165) is 12.0 Å². The first-order valence-corrected chi connectivity index (χ1v) is 5.65. The van der Waals surface area contributed by atoms with Crippen LogP contribution in [0.1, 0.15) is 33.1 Å². The summed E-state index contributed by atoms with van der Waals surface area (Å²) in [6, 6.07) is 0.723. The van der Waals surface area contributed by atoms with Crippen LogP contribution < -0.4 is 5.32 Å². The molecule has 0 saturated carbocycles. The van der Waals surface area contributed by atoms with Crippen molar-refractivity contribution in [2.45, 2.75) is 39.2 Å². The molecule has 0 aromatic carbocycles. The molecular weight excluding hydrogens is 160 g/mol. The first-order chi connectivity index (χ1) is 6.26. The van der Waals surface area contributed by atoms with Crippen molar-refractivity contribution >= 4 is 0 Å². The van der Waals surface area contributed by atoms with Crippen molar-refractivity contribution in [3.8, 4) is 0 Å². The van der Waals surface area contributed by atoms with Crippen molar-refractivity contribution in [1.82, 2.24) is 10.2 Å². The van der Waals surface area contributed by atoms with Gasteiger partial charge in [-0.25, -0.2) is 0 Å². The molecular formula is C11H24N2. The van der Waals surface area contributed by atoms with Crippen LogP contribution in [0.5, 0.6) is 0 Å². The topological polar surface area (TPSA) is 15.3 Å². The summed E-state index contributed by atoms with van der Waals surface area (Å²) in [5.41, 5.74) is 0. The van der Waals surface area contributed by atoms with Crippen LogP contribution in [-0.4, -0.2) is 37.6 Å². The molecule has 0 aromatic heterocycles. The molecule has 1 N–H and O–H groups in total. The Morgan fingerprint density at radius 2 is 2.15 bits per heavy atom. The van der Waals surface area contributed by atoms with Crippen LogP contribution in [0.2, 0.25) is 0 Å². The van der Waals surface area contributed by atoms with Crippen LogP contribution in [0.25, 0.3) is 0 Å². The standard InChI is InChI=1S/C11H24N2/c1-4-5-6-13-8-10(2)7-11(9-13)12-3/h10-12H,4-9H2,1-3H3. The monoisotopic (exact) mass is 184 g/mol. The number of unbranched alkanes of at least 4 members (excludes halogenated alkanes) is 1. The van der Waals surface area contributed by atoms with Gasteiger partial charge in [0, 0.05) is 19.1 Å². The predicted octanol–water partition coefficient (Wildman–Crippen LogP) is 1.72. The molecule has 1 heterocycles. The van der Waals surface area contributed by atoms with Crippen molar-refractivity contribution in [3.63, 3.8) is 0 Å². The fraction of sp³-hybridized carbons (Fsp3) is 1.00. The second kappa shape index (κ2) is 5.61. The lowest BCUT2D eigenvalue weighted by atomic mass is 9.96. The van der Waals surface area contributed by atoms with E-state index in [1.54, 1.807) is 0 Å². The van der Waals surface area contributed by atoms with Gasteiger partial charge in [-0.1, -0.05) is 20.3 Å². The van der Waals surface area contributed by atoms with Crippen LogP contribution in [0.3, 0.4) is 0 Å². The SMILES string of the molecule is CCCCN1CC(C)CC(NC)C1. The minimum absolute atomic E-state index is 0.723. The van der Waals surface area contributed by atoms with Gasteiger partial charge < -0.3 is 10.2 Å². The Kier molecular flexibility index (Phi) is 4.74. The molecule has 1 saturated heterocycles. The van der Waals surface area contributed by atoms with Gasteiger partial charge in [0.25, 0.3) is 0 Å². The smallest absolute Gasteiger partial charge is 0.0195 e. The van der Waals surface area contributed by atoms with Gasteiger partial charge in [0.15, 0.2) is 0 Å². The average Bonchev–Trinajstić information content (AvgIpc) is 2.14. The van der Waals surface area contributed by atoms with E-state index in [1.807, 2.05) is 0 Å². The Morgan fingerprint density at radius 3 is 2.77 bits per heavy atom. The maximum atomic E-state index is 3.40. The summed E-state index contributed by atoms with van der Waals surface area (Å²) in [4.78, 5) is 2.61. The number of rotatable bonds is 4. The third-order valence-electron chi connectivity index (χ3n) is 2.97. The van der Waals surface area contributed by atoms with E-state index in [4.69, 9.17) is 0 Å².